The molecule has 0 amide bonds. The molecule has 0 aliphatic rings. The Morgan fingerprint density at radius 3 is 2.61 bits per heavy atom. The van der Waals surface area contributed by atoms with Crippen molar-refractivity contribution in [3.63, 3.8) is 0 Å². The highest BCUT2D eigenvalue weighted by molar-refractivity contribution is 5.93. The molecular weight excluding hydrogens is 224 g/mol. The van der Waals surface area contributed by atoms with Crippen molar-refractivity contribution < 1.29 is 0 Å². The maximum atomic E-state index is 4.33. The molecule has 96 valence electrons. The lowest BCUT2D eigenvalue weighted by Gasteiger charge is -2.19. The predicted molar refractivity (Wildman–Crippen MR) is 76.1 cm³/mol. The summed E-state index contributed by atoms with van der Waals surface area (Å²) >= 11 is 0. The summed E-state index contributed by atoms with van der Waals surface area (Å²) in [6, 6.07) is 8.29. The van der Waals surface area contributed by atoms with Crippen LogP contribution in [0.5, 0.6) is 0 Å². The molecule has 0 saturated heterocycles. The van der Waals surface area contributed by atoms with Crippen LogP contribution in [0.25, 0.3) is 10.8 Å². The highest BCUT2D eigenvalue weighted by Crippen LogP contribution is 2.24. The molecule has 0 atom stereocenters. The molecule has 0 unspecified atom stereocenters. The minimum atomic E-state index is 0.926. The van der Waals surface area contributed by atoms with E-state index in [4.69, 9.17) is 0 Å². The molecule has 1 heterocycles. The number of aryl methyl sites for hydroxylation is 1. The van der Waals surface area contributed by atoms with Crippen molar-refractivity contribution in [1.82, 2.24) is 15.5 Å². The van der Waals surface area contributed by atoms with E-state index in [-0.39, 0.29) is 0 Å². The van der Waals surface area contributed by atoms with E-state index in [1.54, 1.807) is 0 Å². The topological polar surface area (TPSA) is 41.0 Å². The number of nitrogens with zero attached hydrogens (tertiary/aromatic N) is 3. The summed E-state index contributed by atoms with van der Waals surface area (Å²) < 4.78 is 0. The summed E-state index contributed by atoms with van der Waals surface area (Å²) in [4.78, 5) is 2.15. The first-order valence-corrected chi connectivity index (χ1v) is 6.38. The van der Waals surface area contributed by atoms with Crippen molar-refractivity contribution in [3.05, 3.63) is 30.0 Å². The van der Waals surface area contributed by atoms with Gasteiger partial charge in [-0.3, -0.25) is 0 Å². The molecule has 1 aromatic carbocycles. The van der Waals surface area contributed by atoms with Crippen molar-refractivity contribution in [1.29, 1.82) is 0 Å². The van der Waals surface area contributed by atoms with Crippen LogP contribution in [-0.2, 0) is 0 Å². The molecule has 0 radical (unpaired) electrons. The van der Waals surface area contributed by atoms with Gasteiger partial charge in [-0.2, -0.15) is 5.10 Å². The number of nitrogens with one attached hydrogen (secondary N) is 1. The van der Waals surface area contributed by atoms with E-state index >= 15 is 0 Å². The minimum absolute atomic E-state index is 0.926. The third kappa shape index (κ3) is 2.59. The van der Waals surface area contributed by atoms with Crippen LogP contribution >= 0.6 is 0 Å². The van der Waals surface area contributed by atoms with Gasteiger partial charge in [0.25, 0.3) is 0 Å². The molecule has 0 spiro atoms. The zero-order valence-corrected chi connectivity index (χ0v) is 11.3. The molecule has 1 N–H and O–H groups in total. The molecule has 2 aromatic rings. The third-order valence-electron chi connectivity index (χ3n) is 3.09. The number of aromatic nitrogens is 2. The van der Waals surface area contributed by atoms with E-state index in [9.17, 15) is 0 Å². The molecule has 0 aliphatic heterocycles. The fraction of sp³-hybridized carbons (Fsp3) is 0.429. The summed E-state index contributed by atoms with van der Waals surface area (Å²) in [5, 5.41) is 14.2. The molecule has 18 heavy (non-hydrogen) atoms. The van der Waals surface area contributed by atoms with E-state index in [0.717, 1.165) is 31.1 Å². The largest absolute Gasteiger partial charge is 0.356 e. The third-order valence-corrected chi connectivity index (χ3v) is 3.09. The summed E-state index contributed by atoms with van der Waals surface area (Å²) in [6.45, 7) is 6.99. The molecule has 0 saturated carbocycles. The Balaban J connectivity index is 2.30. The number of hydrogen-bond acceptors (Lipinski definition) is 4. The monoisotopic (exact) mass is 244 g/mol. The molecule has 4 heteroatoms. The second-order valence-electron chi connectivity index (χ2n) is 4.43. The number of benzene rings is 1. The van der Waals surface area contributed by atoms with Crippen LogP contribution in [-0.4, -0.2) is 36.9 Å². The second-order valence-corrected chi connectivity index (χ2v) is 4.43. The maximum Gasteiger partial charge on any atom is 0.158 e. The average Bonchev–Trinajstić information content (AvgIpc) is 2.39. The van der Waals surface area contributed by atoms with Crippen molar-refractivity contribution in [2.24, 2.45) is 0 Å². The van der Waals surface area contributed by atoms with Crippen LogP contribution in [0.2, 0.25) is 0 Å². The smallest absolute Gasteiger partial charge is 0.158 e. The van der Waals surface area contributed by atoms with Gasteiger partial charge in [0, 0.05) is 30.9 Å². The first-order valence-electron chi connectivity index (χ1n) is 6.38. The van der Waals surface area contributed by atoms with Gasteiger partial charge in [-0.1, -0.05) is 31.2 Å². The van der Waals surface area contributed by atoms with E-state index in [0.29, 0.717) is 0 Å². The predicted octanol–water partition coefficient (Wildman–Crippen LogP) is 1.98. The molecule has 0 bridgehead atoms. The fourth-order valence-electron chi connectivity index (χ4n) is 2.04. The zero-order valence-electron chi connectivity index (χ0n) is 11.3. The maximum absolute atomic E-state index is 4.33. The standard InChI is InChI=1S/C14H20N4/c1-4-15-9-10-18(3)14-13-8-6-5-7-12(13)11(2)16-17-14/h5-8,15H,4,9-10H2,1-3H3. The summed E-state index contributed by atoms with van der Waals surface area (Å²) in [6.07, 6.45) is 0. The molecule has 1 aromatic heterocycles. The van der Waals surface area contributed by atoms with Crippen molar-refractivity contribution in [2.45, 2.75) is 13.8 Å². The summed E-state index contributed by atoms with van der Waals surface area (Å²) in [5.74, 6) is 0.953. The summed E-state index contributed by atoms with van der Waals surface area (Å²) in [7, 11) is 2.06. The fourth-order valence-corrected chi connectivity index (χ4v) is 2.04. The van der Waals surface area contributed by atoms with Crippen LogP contribution in [0.4, 0.5) is 5.82 Å². The number of fused-ring (bicyclic) bond motifs is 1. The van der Waals surface area contributed by atoms with Crippen LogP contribution in [0.3, 0.4) is 0 Å². The molecule has 0 aliphatic carbocycles. The zero-order chi connectivity index (χ0) is 13.0. The first-order chi connectivity index (χ1) is 8.74. The Bertz CT molecular complexity index is 524. The normalized spacial score (nSPS) is 10.8. The molecular formula is C14H20N4. The van der Waals surface area contributed by atoms with Gasteiger partial charge in [-0.15, -0.1) is 5.10 Å². The van der Waals surface area contributed by atoms with Gasteiger partial charge in [0.2, 0.25) is 0 Å². The Hall–Kier alpha value is -1.68. The SMILES string of the molecule is CCNCCN(C)c1nnc(C)c2ccccc12. The van der Waals surface area contributed by atoms with E-state index < -0.39 is 0 Å². The quantitative estimate of drug-likeness (QED) is 0.817. The highest BCUT2D eigenvalue weighted by atomic mass is 15.3. The summed E-state index contributed by atoms with van der Waals surface area (Å²) in [5.41, 5.74) is 0.981. The van der Waals surface area contributed by atoms with Crippen LogP contribution in [0, 0.1) is 6.92 Å². The number of likely N-dealkylation sites (N-methyl/N-ethyl adjacent to an activating group) is 2. The van der Waals surface area contributed by atoms with Crippen molar-refractivity contribution >= 4 is 16.6 Å². The van der Waals surface area contributed by atoms with Gasteiger partial charge < -0.3 is 10.2 Å². The average molecular weight is 244 g/mol. The number of hydrogen-bond donors (Lipinski definition) is 1. The molecule has 0 fully saturated rings. The second kappa shape index (κ2) is 5.78. The lowest BCUT2D eigenvalue weighted by atomic mass is 10.1. The molecule has 2 rings (SSSR count). The Morgan fingerprint density at radius 2 is 1.89 bits per heavy atom. The number of anilines is 1. The van der Waals surface area contributed by atoms with Gasteiger partial charge >= 0.3 is 0 Å². The van der Waals surface area contributed by atoms with Gasteiger partial charge in [0.05, 0.1) is 5.69 Å². The Kier molecular flexibility index (Phi) is 4.10. The Labute approximate surface area is 108 Å². The van der Waals surface area contributed by atoms with E-state index in [1.807, 2.05) is 19.1 Å². The molecule has 4 nitrogen and oxygen atoms in total. The van der Waals surface area contributed by atoms with E-state index in [2.05, 4.69) is 46.5 Å². The van der Waals surface area contributed by atoms with E-state index in [1.165, 1.54) is 10.8 Å². The lowest BCUT2D eigenvalue weighted by Crippen LogP contribution is -2.29. The highest BCUT2D eigenvalue weighted by Gasteiger charge is 2.09. The van der Waals surface area contributed by atoms with Crippen LogP contribution < -0.4 is 10.2 Å². The van der Waals surface area contributed by atoms with Crippen LogP contribution in [0.15, 0.2) is 24.3 Å². The Morgan fingerprint density at radius 1 is 1.17 bits per heavy atom. The first kappa shape index (κ1) is 12.8. The minimum Gasteiger partial charge on any atom is -0.356 e. The van der Waals surface area contributed by atoms with Gasteiger partial charge in [0.15, 0.2) is 5.82 Å². The van der Waals surface area contributed by atoms with Gasteiger partial charge in [-0.05, 0) is 13.5 Å². The van der Waals surface area contributed by atoms with Gasteiger partial charge in [0.1, 0.15) is 0 Å². The number of rotatable bonds is 5. The lowest BCUT2D eigenvalue weighted by molar-refractivity contribution is 0.701. The van der Waals surface area contributed by atoms with Gasteiger partial charge in [-0.25, -0.2) is 0 Å². The van der Waals surface area contributed by atoms with Crippen LogP contribution in [0.1, 0.15) is 12.6 Å². The van der Waals surface area contributed by atoms with Crippen molar-refractivity contribution in [3.8, 4) is 0 Å². The van der Waals surface area contributed by atoms with Crippen molar-refractivity contribution in [2.75, 3.05) is 31.6 Å².